The highest BCUT2D eigenvalue weighted by molar-refractivity contribution is 6.31. The van der Waals surface area contributed by atoms with Gasteiger partial charge in [-0.1, -0.05) is 42.8 Å². The van der Waals surface area contributed by atoms with E-state index >= 15 is 0 Å². The summed E-state index contributed by atoms with van der Waals surface area (Å²) < 4.78 is 13.2. The van der Waals surface area contributed by atoms with E-state index in [1.807, 2.05) is 0 Å². The molecule has 0 radical (unpaired) electrons. The van der Waals surface area contributed by atoms with Gasteiger partial charge in [0.05, 0.1) is 0 Å². The Morgan fingerprint density at radius 1 is 1.15 bits per heavy atom. The second-order valence-corrected chi connectivity index (χ2v) is 5.34. The first-order valence-electron chi connectivity index (χ1n) is 6.86. The minimum Gasteiger partial charge on any atom is -0.306 e. The van der Waals surface area contributed by atoms with Crippen LogP contribution in [0.1, 0.15) is 36.6 Å². The Hall–Kier alpha value is -1.38. The van der Waals surface area contributed by atoms with Gasteiger partial charge in [0.25, 0.3) is 0 Å². The molecule has 1 atom stereocenters. The first kappa shape index (κ1) is 15.0. The van der Waals surface area contributed by atoms with Crippen LogP contribution < -0.4 is 5.32 Å². The topological polar surface area (TPSA) is 12.0 Å². The summed E-state index contributed by atoms with van der Waals surface area (Å²) in [6.45, 7) is 4.78. The summed E-state index contributed by atoms with van der Waals surface area (Å²) in [6, 6.07) is 13.2. The molecule has 2 rings (SSSR count). The Balaban J connectivity index is 2.00. The first-order chi connectivity index (χ1) is 9.60. The minimum absolute atomic E-state index is 0.195. The SMILES string of the molecule is CCc1ccc(C(C)NCc2cc(F)ccc2Cl)cc1. The quantitative estimate of drug-likeness (QED) is 0.827. The molecule has 0 amide bonds. The van der Waals surface area contributed by atoms with Crippen LogP contribution in [0, 0.1) is 5.82 Å². The largest absolute Gasteiger partial charge is 0.306 e. The Labute approximate surface area is 124 Å². The van der Waals surface area contributed by atoms with E-state index < -0.39 is 0 Å². The van der Waals surface area contributed by atoms with Gasteiger partial charge < -0.3 is 5.32 Å². The molecule has 0 aliphatic rings. The van der Waals surface area contributed by atoms with Crippen molar-refractivity contribution in [3.05, 3.63) is 70.0 Å². The van der Waals surface area contributed by atoms with Gasteiger partial charge in [-0.3, -0.25) is 0 Å². The molecule has 0 bridgehead atoms. The van der Waals surface area contributed by atoms with Crippen molar-refractivity contribution in [2.45, 2.75) is 32.9 Å². The maximum absolute atomic E-state index is 13.2. The summed E-state index contributed by atoms with van der Waals surface area (Å²) in [5.41, 5.74) is 3.33. The average molecular weight is 292 g/mol. The average Bonchev–Trinajstić information content (AvgIpc) is 2.48. The molecule has 0 aromatic heterocycles. The van der Waals surface area contributed by atoms with Crippen LogP contribution >= 0.6 is 11.6 Å². The molecule has 0 aliphatic heterocycles. The molecule has 0 saturated heterocycles. The molecule has 0 heterocycles. The second-order valence-electron chi connectivity index (χ2n) is 4.93. The van der Waals surface area contributed by atoms with Crippen molar-refractivity contribution in [2.24, 2.45) is 0 Å². The highest BCUT2D eigenvalue weighted by Gasteiger charge is 2.07. The van der Waals surface area contributed by atoms with E-state index in [4.69, 9.17) is 11.6 Å². The number of benzene rings is 2. The predicted octanol–water partition coefficient (Wildman–Crippen LogP) is 4.89. The summed E-state index contributed by atoms with van der Waals surface area (Å²) in [7, 11) is 0. The zero-order valence-corrected chi connectivity index (χ0v) is 12.5. The fourth-order valence-corrected chi connectivity index (χ4v) is 2.29. The first-order valence-corrected chi connectivity index (χ1v) is 7.24. The van der Waals surface area contributed by atoms with Crippen molar-refractivity contribution in [1.82, 2.24) is 5.32 Å². The van der Waals surface area contributed by atoms with Crippen molar-refractivity contribution in [1.29, 1.82) is 0 Å². The van der Waals surface area contributed by atoms with Gasteiger partial charge in [-0.05, 0) is 48.2 Å². The molecule has 0 saturated carbocycles. The standard InChI is InChI=1S/C17H19ClFN/c1-3-13-4-6-14(7-5-13)12(2)20-11-15-10-16(19)8-9-17(15)18/h4-10,12,20H,3,11H2,1-2H3. The number of hydrogen-bond acceptors (Lipinski definition) is 1. The van der Waals surface area contributed by atoms with E-state index in [2.05, 4.69) is 43.4 Å². The van der Waals surface area contributed by atoms with Gasteiger partial charge in [0, 0.05) is 17.6 Å². The van der Waals surface area contributed by atoms with Crippen LogP contribution in [0.2, 0.25) is 5.02 Å². The van der Waals surface area contributed by atoms with Crippen LogP contribution in [0.15, 0.2) is 42.5 Å². The highest BCUT2D eigenvalue weighted by atomic mass is 35.5. The zero-order chi connectivity index (χ0) is 14.5. The maximum atomic E-state index is 13.2. The molecule has 2 aromatic rings. The minimum atomic E-state index is -0.258. The van der Waals surface area contributed by atoms with Crippen LogP contribution in [0.25, 0.3) is 0 Å². The molecule has 106 valence electrons. The van der Waals surface area contributed by atoms with E-state index in [9.17, 15) is 4.39 Å². The smallest absolute Gasteiger partial charge is 0.123 e. The molecule has 3 heteroatoms. The third kappa shape index (κ3) is 3.81. The van der Waals surface area contributed by atoms with Crippen LogP contribution in [-0.2, 0) is 13.0 Å². The lowest BCUT2D eigenvalue weighted by molar-refractivity contribution is 0.569. The van der Waals surface area contributed by atoms with Gasteiger partial charge in [0.15, 0.2) is 0 Å². The number of halogens is 2. The number of hydrogen-bond donors (Lipinski definition) is 1. The van der Waals surface area contributed by atoms with Crippen LogP contribution in [0.5, 0.6) is 0 Å². The monoisotopic (exact) mass is 291 g/mol. The van der Waals surface area contributed by atoms with Crippen molar-refractivity contribution in [2.75, 3.05) is 0 Å². The molecular formula is C17H19ClFN. The van der Waals surface area contributed by atoms with Gasteiger partial charge in [-0.15, -0.1) is 0 Å². The molecule has 1 nitrogen and oxygen atoms in total. The van der Waals surface area contributed by atoms with Crippen molar-refractivity contribution in [3.8, 4) is 0 Å². The molecule has 0 fully saturated rings. The lowest BCUT2D eigenvalue weighted by Crippen LogP contribution is -2.18. The summed E-state index contributed by atoms with van der Waals surface area (Å²) in [5.74, 6) is -0.258. The number of rotatable bonds is 5. The molecule has 1 N–H and O–H groups in total. The summed E-state index contributed by atoms with van der Waals surface area (Å²) in [6.07, 6.45) is 1.04. The van der Waals surface area contributed by atoms with Gasteiger partial charge in [-0.25, -0.2) is 4.39 Å². The molecule has 2 aromatic carbocycles. The van der Waals surface area contributed by atoms with E-state index in [0.29, 0.717) is 11.6 Å². The third-order valence-electron chi connectivity index (χ3n) is 3.49. The number of aryl methyl sites for hydroxylation is 1. The zero-order valence-electron chi connectivity index (χ0n) is 11.8. The highest BCUT2D eigenvalue weighted by Crippen LogP contribution is 2.19. The van der Waals surface area contributed by atoms with Gasteiger partial charge in [-0.2, -0.15) is 0 Å². The molecule has 0 spiro atoms. The van der Waals surface area contributed by atoms with Gasteiger partial charge in [0.1, 0.15) is 5.82 Å². The van der Waals surface area contributed by atoms with E-state index in [1.54, 1.807) is 6.07 Å². The van der Waals surface area contributed by atoms with Gasteiger partial charge >= 0.3 is 0 Å². The summed E-state index contributed by atoms with van der Waals surface area (Å²) >= 11 is 6.06. The predicted molar refractivity (Wildman–Crippen MR) is 82.5 cm³/mol. The van der Waals surface area contributed by atoms with Gasteiger partial charge in [0.2, 0.25) is 0 Å². The molecule has 0 aliphatic carbocycles. The summed E-state index contributed by atoms with van der Waals surface area (Å²) in [5, 5.41) is 3.96. The number of nitrogens with one attached hydrogen (secondary N) is 1. The maximum Gasteiger partial charge on any atom is 0.123 e. The van der Waals surface area contributed by atoms with E-state index in [1.165, 1.54) is 23.3 Å². The second kappa shape index (κ2) is 6.87. The Morgan fingerprint density at radius 2 is 1.85 bits per heavy atom. The Kier molecular flexibility index (Phi) is 5.16. The Bertz CT molecular complexity index is 566. The molecule has 1 unspecified atom stereocenters. The van der Waals surface area contributed by atoms with Crippen molar-refractivity contribution >= 4 is 11.6 Å². The van der Waals surface area contributed by atoms with Crippen LogP contribution in [0.4, 0.5) is 4.39 Å². The normalized spacial score (nSPS) is 12.4. The van der Waals surface area contributed by atoms with E-state index in [0.717, 1.165) is 12.0 Å². The van der Waals surface area contributed by atoms with Crippen molar-refractivity contribution in [3.63, 3.8) is 0 Å². The molecular weight excluding hydrogens is 273 g/mol. The lowest BCUT2D eigenvalue weighted by Gasteiger charge is -2.15. The summed E-state index contributed by atoms with van der Waals surface area (Å²) in [4.78, 5) is 0. The van der Waals surface area contributed by atoms with Crippen LogP contribution in [0.3, 0.4) is 0 Å². The fourth-order valence-electron chi connectivity index (χ4n) is 2.10. The van der Waals surface area contributed by atoms with Crippen LogP contribution in [-0.4, -0.2) is 0 Å². The van der Waals surface area contributed by atoms with E-state index in [-0.39, 0.29) is 11.9 Å². The van der Waals surface area contributed by atoms with Crippen molar-refractivity contribution < 1.29 is 4.39 Å². The lowest BCUT2D eigenvalue weighted by atomic mass is 10.0. The fraction of sp³-hybridized carbons (Fsp3) is 0.294. The Morgan fingerprint density at radius 3 is 2.50 bits per heavy atom. The molecule has 20 heavy (non-hydrogen) atoms. The third-order valence-corrected chi connectivity index (χ3v) is 3.86.